The molecular formula is C22H29FN4O. The van der Waals surface area contributed by atoms with E-state index in [1.165, 1.54) is 23.3 Å². The fourth-order valence-electron chi connectivity index (χ4n) is 3.43. The van der Waals surface area contributed by atoms with Crippen molar-refractivity contribution in [1.29, 1.82) is 0 Å². The minimum Gasteiger partial charge on any atom is -0.379 e. The van der Waals surface area contributed by atoms with E-state index in [9.17, 15) is 4.39 Å². The molecule has 5 nitrogen and oxygen atoms in total. The van der Waals surface area contributed by atoms with Crippen LogP contribution in [0.2, 0.25) is 0 Å². The molecule has 0 aliphatic carbocycles. The monoisotopic (exact) mass is 384 g/mol. The van der Waals surface area contributed by atoms with Crippen LogP contribution >= 0.6 is 0 Å². The van der Waals surface area contributed by atoms with Crippen LogP contribution in [0, 0.1) is 12.7 Å². The summed E-state index contributed by atoms with van der Waals surface area (Å²) in [5.74, 6) is 0.539. The van der Waals surface area contributed by atoms with E-state index < -0.39 is 0 Å². The SMILES string of the molecule is CN=C(NCc1ccccc1C)NCC(c1ccc(F)cc1)N1CCOCC1. The maximum atomic E-state index is 13.4. The second-order valence-corrected chi connectivity index (χ2v) is 6.95. The number of nitrogens with zero attached hydrogens (tertiary/aromatic N) is 2. The minimum absolute atomic E-state index is 0.126. The molecule has 1 atom stereocenters. The van der Waals surface area contributed by atoms with Gasteiger partial charge in [-0.1, -0.05) is 36.4 Å². The molecule has 150 valence electrons. The predicted octanol–water partition coefficient (Wildman–Crippen LogP) is 2.87. The summed E-state index contributed by atoms with van der Waals surface area (Å²) in [6.07, 6.45) is 0. The van der Waals surface area contributed by atoms with Gasteiger partial charge in [0.1, 0.15) is 5.82 Å². The average Bonchev–Trinajstić information content (AvgIpc) is 2.73. The number of rotatable bonds is 6. The lowest BCUT2D eigenvalue weighted by atomic mass is 10.0. The predicted molar refractivity (Wildman–Crippen MR) is 111 cm³/mol. The minimum atomic E-state index is -0.215. The van der Waals surface area contributed by atoms with Crippen LogP contribution in [0.15, 0.2) is 53.5 Å². The van der Waals surface area contributed by atoms with E-state index in [1.807, 2.05) is 24.3 Å². The van der Waals surface area contributed by atoms with E-state index in [2.05, 4.69) is 39.6 Å². The Morgan fingerprint density at radius 1 is 1.11 bits per heavy atom. The van der Waals surface area contributed by atoms with Gasteiger partial charge in [-0.15, -0.1) is 0 Å². The zero-order valence-electron chi connectivity index (χ0n) is 16.6. The van der Waals surface area contributed by atoms with Crippen LogP contribution in [-0.4, -0.2) is 50.8 Å². The van der Waals surface area contributed by atoms with E-state index >= 15 is 0 Å². The Balaban J connectivity index is 1.64. The van der Waals surface area contributed by atoms with Crippen molar-refractivity contribution in [3.05, 3.63) is 71.0 Å². The van der Waals surface area contributed by atoms with Gasteiger partial charge in [-0.05, 0) is 35.7 Å². The third-order valence-corrected chi connectivity index (χ3v) is 5.14. The zero-order chi connectivity index (χ0) is 19.8. The Morgan fingerprint density at radius 2 is 1.82 bits per heavy atom. The standard InChI is InChI=1S/C22H29FN4O/c1-17-5-3-4-6-19(17)15-25-22(24-2)26-16-21(27-11-13-28-14-12-27)18-7-9-20(23)10-8-18/h3-10,21H,11-16H2,1-2H3,(H2,24,25,26). The summed E-state index contributed by atoms with van der Waals surface area (Å²) in [5.41, 5.74) is 3.59. The molecule has 1 aliphatic rings. The number of benzene rings is 2. The molecule has 1 fully saturated rings. The van der Waals surface area contributed by atoms with Crippen LogP contribution in [0.4, 0.5) is 4.39 Å². The fourth-order valence-corrected chi connectivity index (χ4v) is 3.43. The normalized spacial score (nSPS) is 16.6. The highest BCUT2D eigenvalue weighted by Gasteiger charge is 2.23. The molecule has 2 N–H and O–H groups in total. The van der Waals surface area contributed by atoms with Gasteiger partial charge in [0.25, 0.3) is 0 Å². The van der Waals surface area contributed by atoms with Gasteiger partial charge in [0, 0.05) is 33.2 Å². The van der Waals surface area contributed by atoms with Crippen molar-refractivity contribution in [3.63, 3.8) is 0 Å². The Bertz CT molecular complexity index is 772. The Kier molecular flexibility index (Phi) is 7.39. The van der Waals surface area contributed by atoms with Crippen LogP contribution in [-0.2, 0) is 11.3 Å². The van der Waals surface area contributed by atoms with Gasteiger partial charge in [-0.25, -0.2) is 4.39 Å². The first kappa shape index (κ1) is 20.3. The van der Waals surface area contributed by atoms with E-state index in [0.717, 1.165) is 37.8 Å². The molecule has 0 bridgehead atoms. The van der Waals surface area contributed by atoms with E-state index in [0.29, 0.717) is 13.1 Å². The fraction of sp³-hybridized carbons (Fsp3) is 0.409. The van der Waals surface area contributed by atoms with Gasteiger partial charge in [-0.2, -0.15) is 0 Å². The molecule has 28 heavy (non-hydrogen) atoms. The molecule has 1 aliphatic heterocycles. The maximum Gasteiger partial charge on any atom is 0.191 e. The highest BCUT2D eigenvalue weighted by molar-refractivity contribution is 5.79. The first-order valence-electron chi connectivity index (χ1n) is 9.73. The Labute approximate surface area is 166 Å². The number of morpholine rings is 1. The number of guanidine groups is 1. The van der Waals surface area contributed by atoms with Crippen LogP contribution < -0.4 is 10.6 Å². The van der Waals surface area contributed by atoms with Crippen molar-refractivity contribution in [2.45, 2.75) is 19.5 Å². The van der Waals surface area contributed by atoms with Crippen molar-refractivity contribution >= 4 is 5.96 Å². The molecule has 2 aromatic carbocycles. The third-order valence-electron chi connectivity index (χ3n) is 5.14. The summed E-state index contributed by atoms with van der Waals surface area (Å²) in [7, 11) is 1.77. The molecule has 1 saturated heterocycles. The van der Waals surface area contributed by atoms with Crippen molar-refractivity contribution in [3.8, 4) is 0 Å². The van der Waals surface area contributed by atoms with E-state index in [-0.39, 0.29) is 11.9 Å². The number of aryl methyl sites for hydroxylation is 1. The second-order valence-electron chi connectivity index (χ2n) is 6.95. The highest BCUT2D eigenvalue weighted by Crippen LogP contribution is 2.21. The van der Waals surface area contributed by atoms with Gasteiger partial charge >= 0.3 is 0 Å². The van der Waals surface area contributed by atoms with Gasteiger partial charge in [-0.3, -0.25) is 9.89 Å². The van der Waals surface area contributed by atoms with Gasteiger partial charge in [0.2, 0.25) is 0 Å². The number of nitrogens with one attached hydrogen (secondary N) is 2. The molecule has 0 saturated carbocycles. The lowest BCUT2D eigenvalue weighted by Crippen LogP contribution is -2.46. The average molecular weight is 384 g/mol. The molecule has 0 spiro atoms. The lowest BCUT2D eigenvalue weighted by molar-refractivity contribution is 0.0170. The largest absolute Gasteiger partial charge is 0.379 e. The number of halogens is 1. The van der Waals surface area contributed by atoms with Crippen molar-refractivity contribution in [2.75, 3.05) is 39.9 Å². The topological polar surface area (TPSA) is 48.9 Å². The Hall–Kier alpha value is -2.44. The number of ether oxygens (including phenoxy) is 1. The van der Waals surface area contributed by atoms with Gasteiger partial charge in [0.15, 0.2) is 5.96 Å². The van der Waals surface area contributed by atoms with Crippen molar-refractivity contribution in [2.24, 2.45) is 4.99 Å². The third kappa shape index (κ3) is 5.53. The van der Waals surface area contributed by atoms with Crippen LogP contribution in [0.5, 0.6) is 0 Å². The Morgan fingerprint density at radius 3 is 2.50 bits per heavy atom. The number of aliphatic imine (C=N–C) groups is 1. The van der Waals surface area contributed by atoms with Gasteiger partial charge < -0.3 is 15.4 Å². The summed E-state index contributed by atoms with van der Waals surface area (Å²) < 4.78 is 18.9. The summed E-state index contributed by atoms with van der Waals surface area (Å²) in [6.45, 7) is 6.66. The smallest absolute Gasteiger partial charge is 0.191 e. The number of hydrogen-bond donors (Lipinski definition) is 2. The summed E-state index contributed by atoms with van der Waals surface area (Å²) in [4.78, 5) is 6.72. The molecular weight excluding hydrogens is 355 g/mol. The molecule has 1 heterocycles. The lowest BCUT2D eigenvalue weighted by Gasteiger charge is -2.35. The molecule has 6 heteroatoms. The molecule has 3 rings (SSSR count). The molecule has 0 amide bonds. The number of hydrogen-bond acceptors (Lipinski definition) is 3. The van der Waals surface area contributed by atoms with Gasteiger partial charge in [0.05, 0.1) is 19.3 Å². The van der Waals surface area contributed by atoms with Crippen LogP contribution in [0.25, 0.3) is 0 Å². The van der Waals surface area contributed by atoms with E-state index in [4.69, 9.17) is 4.74 Å². The maximum absolute atomic E-state index is 13.4. The van der Waals surface area contributed by atoms with Crippen LogP contribution in [0.3, 0.4) is 0 Å². The molecule has 2 aromatic rings. The quantitative estimate of drug-likeness (QED) is 0.594. The highest BCUT2D eigenvalue weighted by atomic mass is 19.1. The van der Waals surface area contributed by atoms with Crippen molar-refractivity contribution in [1.82, 2.24) is 15.5 Å². The van der Waals surface area contributed by atoms with E-state index in [1.54, 1.807) is 7.05 Å². The summed E-state index contributed by atoms with van der Waals surface area (Å²) >= 11 is 0. The summed E-state index contributed by atoms with van der Waals surface area (Å²) in [5, 5.41) is 6.81. The molecule has 0 aromatic heterocycles. The second kappa shape index (κ2) is 10.2. The first-order chi connectivity index (χ1) is 13.7. The zero-order valence-corrected chi connectivity index (χ0v) is 16.6. The summed E-state index contributed by atoms with van der Waals surface area (Å²) in [6, 6.07) is 15.2. The molecule has 1 unspecified atom stereocenters. The molecule has 0 radical (unpaired) electrons. The van der Waals surface area contributed by atoms with Crippen LogP contribution in [0.1, 0.15) is 22.7 Å². The first-order valence-corrected chi connectivity index (χ1v) is 9.73. The van der Waals surface area contributed by atoms with Crippen molar-refractivity contribution < 1.29 is 9.13 Å².